The van der Waals surface area contributed by atoms with Gasteiger partial charge in [0.25, 0.3) is 0 Å². The number of benzene rings is 5. The zero-order valence-electron chi connectivity index (χ0n) is 18.7. The molecule has 0 unspecified atom stereocenters. The Kier molecular flexibility index (Phi) is 3.00. The molecule has 3 aliphatic rings. The van der Waals surface area contributed by atoms with Crippen molar-refractivity contribution in [1.29, 1.82) is 0 Å². The molecule has 2 heterocycles. The second-order valence-electron chi connectivity index (χ2n) is 10.1. The zero-order valence-corrected chi connectivity index (χ0v) is 18.7. The van der Waals surface area contributed by atoms with Gasteiger partial charge in [0.05, 0.1) is 11.0 Å². The summed E-state index contributed by atoms with van der Waals surface area (Å²) < 4.78 is 2.57. The average Bonchev–Trinajstić information content (AvgIpc) is 3.53. The molecule has 0 saturated carbocycles. The van der Waals surface area contributed by atoms with Crippen LogP contribution in [-0.2, 0) is 19.3 Å². The predicted octanol–water partition coefficient (Wildman–Crippen LogP) is 7.83. The zero-order chi connectivity index (χ0) is 22.0. The van der Waals surface area contributed by atoms with Crippen molar-refractivity contribution in [3.8, 4) is 27.9 Å². The molecule has 0 bridgehead atoms. The van der Waals surface area contributed by atoms with E-state index in [1.54, 1.807) is 0 Å². The first-order chi connectivity index (χ1) is 16.8. The van der Waals surface area contributed by atoms with Crippen LogP contribution in [-0.4, -0.2) is 4.57 Å². The van der Waals surface area contributed by atoms with Crippen LogP contribution >= 0.6 is 0 Å². The Bertz CT molecular complexity index is 1880. The van der Waals surface area contributed by atoms with Crippen molar-refractivity contribution in [2.45, 2.75) is 19.3 Å². The molecule has 34 heavy (non-hydrogen) atoms. The van der Waals surface area contributed by atoms with Crippen LogP contribution in [0.25, 0.3) is 49.7 Å². The van der Waals surface area contributed by atoms with E-state index in [0.29, 0.717) is 0 Å². The van der Waals surface area contributed by atoms with E-state index in [9.17, 15) is 0 Å². The van der Waals surface area contributed by atoms with Gasteiger partial charge in [-0.25, -0.2) is 0 Å². The molecule has 6 aromatic rings. The monoisotopic (exact) mass is 431 g/mol. The van der Waals surface area contributed by atoms with Gasteiger partial charge in [0.2, 0.25) is 0 Å². The van der Waals surface area contributed by atoms with Crippen LogP contribution in [0.3, 0.4) is 0 Å². The van der Waals surface area contributed by atoms with Crippen molar-refractivity contribution in [2.24, 2.45) is 0 Å². The maximum atomic E-state index is 2.57. The highest BCUT2D eigenvalue weighted by Crippen LogP contribution is 2.50. The number of hydrogen-bond acceptors (Lipinski definition) is 0. The van der Waals surface area contributed by atoms with Gasteiger partial charge in [-0.3, -0.25) is 0 Å². The van der Waals surface area contributed by atoms with Gasteiger partial charge in [-0.05, 0) is 92.7 Å². The van der Waals surface area contributed by atoms with Crippen LogP contribution < -0.4 is 0 Å². The lowest BCUT2D eigenvalue weighted by atomic mass is 9.89. The minimum atomic E-state index is 1.00. The Hall–Kier alpha value is -4.10. The SMILES string of the molecule is c1ccc2c(c1)Cc1cc3c4cc5c(c6c4n(c3cc1-2)-c1ccccc1C6)-c1ccccc1C5. The summed E-state index contributed by atoms with van der Waals surface area (Å²) in [7, 11) is 0. The molecule has 0 amide bonds. The third kappa shape index (κ3) is 1.98. The number of hydrogen-bond donors (Lipinski definition) is 0. The van der Waals surface area contributed by atoms with Crippen molar-refractivity contribution in [3.63, 3.8) is 0 Å². The Labute approximate surface area is 197 Å². The smallest absolute Gasteiger partial charge is 0.0582 e. The van der Waals surface area contributed by atoms with Gasteiger partial charge in [-0.1, -0.05) is 66.7 Å². The maximum absolute atomic E-state index is 2.57. The van der Waals surface area contributed by atoms with Crippen LogP contribution in [0.4, 0.5) is 0 Å². The second kappa shape index (κ2) is 5.87. The summed E-state index contributed by atoms with van der Waals surface area (Å²) in [6.07, 6.45) is 3.08. The summed E-state index contributed by atoms with van der Waals surface area (Å²) in [5.74, 6) is 0. The van der Waals surface area contributed by atoms with E-state index in [4.69, 9.17) is 0 Å². The molecule has 0 atom stereocenters. The lowest BCUT2D eigenvalue weighted by molar-refractivity contribution is 1.04. The van der Waals surface area contributed by atoms with Gasteiger partial charge >= 0.3 is 0 Å². The van der Waals surface area contributed by atoms with Crippen molar-refractivity contribution < 1.29 is 0 Å². The van der Waals surface area contributed by atoms with Crippen LogP contribution in [0.15, 0.2) is 91.0 Å². The lowest BCUT2D eigenvalue weighted by Gasteiger charge is -2.23. The molecule has 1 aliphatic heterocycles. The van der Waals surface area contributed by atoms with Gasteiger partial charge in [0, 0.05) is 22.9 Å². The molecule has 0 spiro atoms. The van der Waals surface area contributed by atoms with E-state index in [-0.39, 0.29) is 0 Å². The van der Waals surface area contributed by atoms with Crippen LogP contribution in [0.5, 0.6) is 0 Å². The third-order valence-electron chi connectivity index (χ3n) is 8.41. The highest BCUT2D eigenvalue weighted by molar-refractivity contribution is 6.15. The van der Waals surface area contributed by atoms with Crippen LogP contribution in [0, 0.1) is 0 Å². The van der Waals surface area contributed by atoms with Crippen LogP contribution in [0.1, 0.15) is 33.4 Å². The molecule has 1 nitrogen and oxygen atoms in total. The van der Waals surface area contributed by atoms with E-state index in [1.165, 1.54) is 83.1 Å². The Morgan fingerprint density at radius 1 is 0.500 bits per heavy atom. The molecule has 0 radical (unpaired) electrons. The predicted molar refractivity (Wildman–Crippen MR) is 140 cm³/mol. The molecule has 1 aromatic heterocycles. The quantitative estimate of drug-likeness (QED) is 0.231. The molecular weight excluding hydrogens is 410 g/mol. The van der Waals surface area contributed by atoms with E-state index in [0.717, 1.165) is 19.3 Å². The summed E-state index contributed by atoms with van der Waals surface area (Å²) in [6, 6.07) is 34.4. The van der Waals surface area contributed by atoms with E-state index >= 15 is 0 Å². The van der Waals surface area contributed by atoms with Crippen molar-refractivity contribution in [1.82, 2.24) is 4.57 Å². The van der Waals surface area contributed by atoms with Crippen molar-refractivity contribution in [3.05, 3.63) is 124 Å². The summed E-state index contributed by atoms with van der Waals surface area (Å²) in [5.41, 5.74) is 18.6. The first-order valence-corrected chi connectivity index (χ1v) is 12.3. The highest BCUT2D eigenvalue weighted by atomic mass is 15.0. The third-order valence-corrected chi connectivity index (χ3v) is 8.41. The summed E-state index contributed by atoms with van der Waals surface area (Å²) in [5, 5.41) is 2.82. The Morgan fingerprint density at radius 3 is 2.06 bits per heavy atom. The summed E-state index contributed by atoms with van der Waals surface area (Å²) in [4.78, 5) is 0. The number of nitrogens with zero attached hydrogens (tertiary/aromatic N) is 1. The average molecular weight is 432 g/mol. The fraction of sp³-hybridized carbons (Fsp3) is 0.0909. The lowest BCUT2D eigenvalue weighted by Crippen LogP contribution is -2.09. The van der Waals surface area contributed by atoms with Gasteiger partial charge < -0.3 is 4.57 Å². The molecule has 1 heteroatoms. The fourth-order valence-electron chi connectivity index (χ4n) is 7.03. The fourth-order valence-corrected chi connectivity index (χ4v) is 7.03. The second-order valence-corrected chi connectivity index (χ2v) is 10.1. The van der Waals surface area contributed by atoms with Gasteiger partial charge in [0.15, 0.2) is 0 Å². The molecule has 9 rings (SSSR count). The molecule has 0 saturated heterocycles. The first kappa shape index (κ1) is 17.4. The van der Waals surface area contributed by atoms with E-state index < -0.39 is 0 Å². The normalized spacial score (nSPS) is 14.1. The number of para-hydroxylation sites is 1. The van der Waals surface area contributed by atoms with Gasteiger partial charge in [-0.15, -0.1) is 0 Å². The number of rotatable bonds is 0. The molecule has 158 valence electrons. The minimum Gasteiger partial charge on any atom is -0.309 e. The van der Waals surface area contributed by atoms with Crippen molar-refractivity contribution >= 4 is 21.8 Å². The molecule has 0 N–H and O–H groups in total. The summed E-state index contributed by atoms with van der Waals surface area (Å²) in [6.45, 7) is 0. The maximum Gasteiger partial charge on any atom is 0.0582 e. The van der Waals surface area contributed by atoms with Crippen LogP contribution in [0.2, 0.25) is 0 Å². The van der Waals surface area contributed by atoms with E-state index in [1.807, 2.05) is 0 Å². The van der Waals surface area contributed by atoms with Crippen molar-refractivity contribution in [2.75, 3.05) is 0 Å². The largest absolute Gasteiger partial charge is 0.309 e. The van der Waals surface area contributed by atoms with Gasteiger partial charge in [-0.2, -0.15) is 0 Å². The summed E-state index contributed by atoms with van der Waals surface area (Å²) >= 11 is 0. The topological polar surface area (TPSA) is 4.93 Å². The minimum absolute atomic E-state index is 1.00. The molecule has 5 aromatic carbocycles. The molecule has 0 fully saturated rings. The number of fused-ring (bicyclic) bond motifs is 12. The van der Waals surface area contributed by atoms with E-state index in [2.05, 4.69) is 95.6 Å². The Balaban J connectivity index is 1.47. The Morgan fingerprint density at radius 2 is 1.18 bits per heavy atom. The van der Waals surface area contributed by atoms with Gasteiger partial charge in [0.1, 0.15) is 0 Å². The molecule has 2 aliphatic carbocycles. The number of aromatic nitrogens is 1. The molecular formula is C33H21N. The first-order valence-electron chi connectivity index (χ1n) is 12.3. The standard InChI is InChI=1S/C33H21N/c1-4-10-24-19(7-1)13-22-16-27-28-17-23-14-20-8-2-5-11-25(20)32(23)29-15-21-9-3-6-12-30(21)34(33(28)29)31(27)18-26(22)24/h1-12,16-18H,13-15H2. The highest BCUT2D eigenvalue weighted by Gasteiger charge is 2.31.